The second-order valence-electron chi connectivity index (χ2n) is 7.34. The number of carbonyl (C=O) groups is 1. The number of amidine groups is 1. The van der Waals surface area contributed by atoms with Crippen molar-refractivity contribution < 1.29 is 13.2 Å². The van der Waals surface area contributed by atoms with Gasteiger partial charge in [0.15, 0.2) is 0 Å². The average Bonchev–Trinajstić information content (AvgIpc) is 3.34. The molecule has 9 heteroatoms. The molecule has 0 saturated carbocycles. The van der Waals surface area contributed by atoms with Crippen LogP contribution in [0.3, 0.4) is 0 Å². The minimum absolute atomic E-state index is 0.00544. The lowest BCUT2D eigenvalue weighted by atomic mass is 10.1. The molecule has 1 aliphatic rings. The fraction of sp³-hybridized carbons (Fsp3) is 0.261. The molecule has 3 rings (SSSR count). The Morgan fingerprint density at radius 3 is 2.56 bits per heavy atom. The maximum atomic E-state index is 12.7. The van der Waals surface area contributed by atoms with Crippen LogP contribution < -0.4 is 5.32 Å². The summed E-state index contributed by atoms with van der Waals surface area (Å²) in [6.07, 6.45) is 2.85. The molecule has 166 valence electrons. The van der Waals surface area contributed by atoms with Crippen molar-refractivity contribution in [3.05, 3.63) is 77.4 Å². The van der Waals surface area contributed by atoms with Gasteiger partial charge in [-0.25, -0.2) is 8.42 Å². The summed E-state index contributed by atoms with van der Waals surface area (Å²) in [5, 5.41) is 12.4. The molecule has 1 amide bonds. The minimum atomic E-state index is -3.84. The number of benzene rings is 2. The Morgan fingerprint density at radius 1 is 1.19 bits per heavy atom. The summed E-state index contributed by atoms with van der Waals surface area (Å²) < 4.78 is 26.5. The van der Waals surface area contributed by atoms with E-state index in [2.05, 4.69) is 10.3 Å². The van der Waals surface area contributed by atoms with Gasteiger partial charge in [0, 0.05) is 45.4 Å². The minimum Gasteiger partial charge on any atom is -0.368 e. The van der Waals surface area contributed by atoms with Gasteiger partial charge in [0.1, 0.15) is 11.9 Å². The van der Waals surface area contributed by atoms with Gasteiger partial charge in [-0.05, 0) is 17.7 Å². The van der Waals surface area contributed by atoms with Crippen molar-refractivity contribution in [2.24, 2.45) is 4.99 Å². The van der Waals surface area contributed by atoms with Crippen molar-refractivity contribution in [3.63, 3.8) is 0 Å². The van der Waals surface area contributed by atoms with Gasteiger partial charge in [0.2, 0.25) is 15.9 Å². The lowest BCUT2D eigenvalue weighted by molar-refractivity contribution is -0.125. The van der Waals surface area contributed by atoms with Crippen LogP contribution >= 0.6 is 0 Å². The summed E-state index contributed by atoms with van der Waals surface area (Å²) in [7, 11) is -0.743. The second kappa shape index (κ2) is 10.2. The molecule has 32 heavy (non-hydrogen) atoms. The van der Waals surface area contributed by atoms with E-state index in [1.807, 2.05) is 30.3 Å². The predicted molar refractivity (Wildman–Crippen MR) is 122 cm³/mol. The van der Waals surface area contributed by atoms with E-state index >= 15 is 0 Å². The Morgan fingerprint density at radius 2 is 1.91 bits per heavy atom. The molecule has 0 unspecified atom stereocenters. The fourth-order valence-electron chi connectivity index (χ4n) is 3.19. The highest BCUT2D eigenvalue weighted by atomic mass is 32.2. The molecule has 2 aromatic carbocycles. The molecule has 1 heterocycles. The van der Waals surface area contributed by atoms with E-state index in [9.17, 15) is 13.2 Å². The summed E-state index contributed by atoms with van der Waals surface area (Å²) >= 11 is 0. The SMILES string of the molecule is CN(Cc1ccc(C2=NCCN2)cc1)C(=O)/C=C/CN(C)S(=O)(=O)c1ccccc1C#N. The Labute approximate surface area is 188 Å². The number of nitrogens with zero attached hydrogens (tertiary/aromatic N) is 4. The number of nitriles is 1. The lowest BCUT2D eigenvalue weighted by Crippen LogP contribution is -2.28. The van der Waals surface area contributed by atoms with E-state index in [4.69, 9.17) is 5.26 Å². The van der Waals surface area contributed by atoms with Crippen LogP contribution in [0.4, 0.5) is 0 Å². The Kier molecular flexibility index (Phi) is 7.41. The molecule has 0 saturated heterocycles. The predicted octanol–water partition coefficient (Wildman–Crippen LogP) is 1.74. The molecule has 2 aromatic rings. The van der Waals surface area contributed by atoms with E-state index in [1.54, 1.807) is 24.1 Å². The van der Waals surface area contributed by atoms with Gasteiger partial charge in [0.25, 0.3) is 0 Å². The Bertz CT molecular complexity index is 1180. The van der Waals surface area contributed by atoms with Crippen molar-refractivity contribution in [2.45, 2.75) is 11.4 Å². The molecular weight excluding hydrogens is 426 g/mol. The summed E-state index contributed by atoms with van der Waals surface area (Å²) in [4.78, 5) is 18.3. The lowest BCUT2D eigenvalue weighted by Gasteiger charge is -2.17. The normalized spacial score (nSPS) is 13.6. The second-order valence-corrected chi connectivity index (χ2v) is 9.36. The first kappa shape index (κ1) is 23.2. The van der Waals surface area contributed by atoms with Crippen LogP contribution in [0.25, 0.3) is 0 Å². The standard InChI is InChI=1S/C23H25N5O3S/c1-27(17-18-9-11-19(12-10-18)23-25-13-14-26-23)22(29)8-5-15-28(2)32(30,31)21-7-4-3-6-20(21)16-24/h3-12H,13-15,17H2,1-2H3,(H,25,26)/b8-5+. The highest BCUT2D eigenvalue weighted by Gasteiger charge is 2.23. The van der Waals surface area contributed by atoms with Gasteiger partial charge >= 0.3 is 0 Å². The van der Waals surface area contributed by atoms with Crippen molar-refractivity contribution >= 4 is 21.8 Å². The number of hydrogen-bond donors (Lipinski definition) is 1. The van der Waals surface area contributed by atoms with Gasteiger partial charge in [-0.15, -0.1) is 0 Å². The molecule has 0 fully saturated rings. The van der Waals surface area contributed by atoms with Crippen LogP contribution in [0.15, 0.2) is 70.6 Å². The molecule has 0 aromatic heterocycles. The van der Waals surface area contributed by atoms with Gasteiger partial charge in [-0.2, -0.15) is 9.57 Å². The number of nitrogens with one attached hydrogen (secondary N) is 1. The quantitative estimate of drug-likeness (QED) is 0.616. The number of sulfonamides is 1. The highest BCUT2D eigenvalue weighted by Crippen LogP contribution is 2.18. The fourth-order valence-corrected chi connectivity index (χ4v) is 4.45. The number of carbonyl (C=O) groups excluding carboxylic acids is 1. The first-order valence-electron chi connectivity index (χ1n) is 10.1. The third-order valence-electron chi connectivity index (χ3n) is 5.02. The maximum Gasteiger partial charge on any atom is 0.246 e. The molecule has 1 N–H and O–H groups in total. The average molecular weight is 452 g/mol. The first-order chi connectivity index (χ1) is 15.3. The number of likely N-dealkylation sites (N-methyl/N-ethyl adjacent to an activating group) is 2. The Balaban J connectivity index is 1.57. The van der Waals surface area contributed by atoms with Crippen LogP contribution in [0.5, 0.6) is 0 Å². The molecule has 0 spiro atoms. The van der Waals surface area contributed by atoms with E-state index in [-0.39, 0.29) is 22.9 Å². The summed E-state index contributed by atoms with van der Waals surface area (Å²) in [5.74, 6) is 0.652. The van der Waals surface area contributed by atoms with E-state index in [0.29, 0.717) is 6.54 Å². The van der Waals surface area contributed by atoms with Gasteiger partial charge in [-0.1, -0.05) is 42.5 Å². The van der Waals surface area contributed by atoms with Crippen molar-refractivity contribution in [1.29, 1.82) is 5.26 Å². The van der Waals surface area contributed by atoms with Gasteiger partial charge in [-0.3, -0.25) is 9.79 Å². The summed E-state index contributed by atoms with van der Waals surface area (Å²) in [6, 6.07) is 15.8. The zero-order valence-electron chi connectivity index (χ0n) is 18.0. The van der Waals surface area contributed by atoms with Crippen LogP contribution in [0.2, 0.25) is 0 Å². The van der Waals surface area contributed by atoms with Crippen molar-refractivity contribution in [3.8, 4) is 6.07 Å². The van der Waals surface area contributed by atoms with Crippen LogP contribution in [-0.4, -0.2) is 63.1 Å². The molecule has 1 aliphatic heterocycles. The molecule has 0 bridgehead atoms. The first-order valence-corrected chi connectivity index (χ1v) is 11.5. The van der Waals surface area contributed by atoms with Crippen molar-refractivity contribution in [1.82, 2.24) is 14.5 Å². The van der Waals surface area contributed by atoms with Crippen LogP contribution in [0.1, 0.15) is 16.7 Å². The molecule has 0 radical (unpaired) electrons. The monoisotopic (exact) mass is 451 g/mol. The number of hydrogen-bond acceptors (Lipinski definition) is 6. The molecular formula is C23H25N5O3S. The topological polar surface area (TPSA) is 106 Å². The Hall–Kier alpha value is -3.48. The van der Waals surface area contributed by atoms with Gasteiger partial charge in [0.05, 0.1) is 17.0 Å². The third-order valence-corrected chi connectivity index (χ3v) is 6.90. The molecule has 8 nitrogen and oxygen atoms in total. The number of rotatable bonds is 8. The number of aliphatic imine (C=N–C) groups is 1. The third kappa shape index (κ3) is 5.41. The number of amides is 1. The molecule has 0 aliphatic carbocycles. The van der Waals surface area contributed by atoms with Crippen LogP contribution in [-0.2, 0) is 21.4 Å². The van der Waals surface area contributed by atoms with Crippen LogP contribution in [0, 0.1) is 11.3 Å². The van der Waals surface area contributed by atoms with E-state index in [0.717, 1.165) is 34.4 Å². The van der Waals surface area contributed by atoms with E-state index < -0.39 is 10.0 Å². The molecule has 0 atom stereocenters. The zero-order chi connectivity index (χ0) is 23.1. The highest BCUT2D eigenvalue weighted by molar-refractivity contribution is 7.89. The maximum absolute atomic E-state index is 12.7. The smallest absolute Gasteiger partial charge is 0.246 e. The largest absolute Gasteiger partial charge is 0.368 e. The van der Waals surface area contributed by atoms with Gasteiger partial charge < -0.3 is 10.2 Å². The summed E-state index contributed by atoms with van der Waals surface area (Å²) in [6.45, 7) is 2.06. The van der Waals surface area contributed by atoms with Crippen molar-refractivity contribution in [2.75, 3.05) is 33.7 Å². The summed E-state index contributed by atoms with van der Waals surface area (Å²) in [5.41, 5.74) is 2.08. The van der Waals surface area contributed by atoms with E-state index in [1.165, 1.54) is 31.3 Å². The zero-order valence-corrected chi connectivity index (χ0v) is 18.8.